The van der Waals surface area contributed by atoms with E-state index in [0.29, 0.717) is 18.0 Å². The normalized spacial score (nSPS) is 38.5. The summed E-state index contributed by atoms with van der Waals surface area (Å²) in [5.41, 5.74) is 0.106. The lowest BCUT2D eigenvalue weighted by atomic mass is 9.79. The molecule has 4 aliphatic rings. The number of aliphatic carboxylic acids is 1. The van der Waals surface area contributed by atoms with E-state index in [2.05, 4.69) is 10.2 Å². The van der Waals surface area contributed by atoms with Crippen molar-refractivity contribution in [1.29, 1.82) is 0 Å². The van der Waals surface area contributed by atoms with Gasteiger partial charge in [0.1, 0.15) is 5.70 Å². The van der Waals surface area contributed by atoms with E-state index in [1.807, 2.05) is 18.7 Å². The van der Waals surface area contributed by atoms with Crippen molar-refractivity contribution in [2.24, 2.45) is 11.8 Å². The molecular formula is C19H29N3O5S2. The number of hydrogen-bond acceptors (Lipinski definition) is 8. The summed E-state index contributed by atoms with van der Waals surface area (Å²) in [6, 6.07) is 0.0488. The van der Waals surface area contributed by atoms with E-state index in [9.17, 15) is 24.9 Å². The minimum Gasteiger partial charge on any atom is -0.477 e. The number of carbonyl (C=O) groups excluding carboxylic acids is 1. The van der Waals surface area contributed by atoms with E-state index in [1.54, 1.807) is 18.7 Å². The van der Waals surface area contributed by atoms with Crippen molar-refractivity contribution < 1.29 is 24.9 Å². The van der Waals surface area contributed by atoms with Gasteiger partial charge in [-0.2, -0.15) is 0 Å². The van der Waals surface area contributed by atoms with Gasteiger partial charge in [0.05, 0.1) is 30.0 Å². The van der Waals surface area contributed by atoms with Crippen molar-refractivity contribution in [2.45, 2.75) is 49.1 Å². The zero-order chi connectivity index (χ0) is 20.9. The molecule has 29 heavy (non-hydrogen) atoms. The number of aliphatic hydroxyl groups excluding tert-OH is 2. The van der Waals surface area contributed by atoms with Crippen LogP contribution in [0.15, 0.2) is 10.6 Å². The minimum atomic E-state index is -1.07. The monoisotopic (exact) mass is 443 g/mol. The lowest BCUT2D eigenvalue weighted by molar-refractivity contribution is -0.163. The molecule has 0 aliphatic carbocycles. The number of carbonyl (C=O) groups is 2. The summed E-state index contributed by atoms with van der Waals surface area (Å²) in [6.07, 6.45) is 0.145. The molecule has 4 rings (SSSR count). The van der Waals surface area contributed by atoms with Gasteiger partial charge in [-0.1, -0.05) is 6.92 Å². The first-order valence-electron chi connectivity index (χ1n) is 10.2. The number of carboxylic acids is 1. The third-order valence-electron chi connectivity index (χ3n) is 6.49. The number of nitrogens with zero attached hydrogens (tertiary/aromatic N) is 2. The van der Waals surface area contributed by atoms with E-state index in [4.69, 9.17) is 0 Å². The number of aliphatic hydroxyl groups is 2. The van der Waals surface area contributed by atoms with Gasteiger partial charge < -0.3 is 25.5 Å². The number of fused-ring (bicyclic) bond motifs is 1. The highest BCUT2D eigenvalue weighted by Crippen LogP contribution is 2.52. The minimum absolute atomic E-state index is 0.0887. The molecule has 3 fully saturated rings. The first-order valence-corrected chi connectivity index (χ1v) is 12.1. The van der Waals surface area contributed by atoms with Gasteiger partial charge in [0.25, 0.3) is 0 Å². The van der Waals surface area contributed by atoms with Gasteiger partial charge in [-0.05, 0) is 13.3 Å². The van der Waals surface area contributed by atoms with Crippen molar-refractivity contribution in [3.63, 3.8) is 0 Å². The summed E-state index contributed by atoms with van der Waals surface area (Å²) in [5.74, 6) is -0.898. The molecular weight excluding hydrogens is 414 g/mol. The van der Waals surface area contributed by atoms with Gasteiger partial charge in [-0.15, -0.1) is 23.5 Å². The maximum atomic E-state index is 12.5. The highest BCUT2D eigenvalue weighted by atomic mass is 32.2. The Labute approximate surface area is 179 Å². The average Bonchev–Trinajstić information content (AvgIpc) is 3.34. The summed E-state index contributed by atoms with van der Waals surface area (Å²) >= 11 is 3.49. The summed E-state index contributed by atoms with van der Waals surface area (Å²) in [4.78, 5) is 28.9. The predicted molar refractivity (Wildman–Crippen MR) is 112 cm³/mol. The fourth-order valence-electron chi connectivity index (χ4n) is 5.16. The van der Waals surface area contributed by atoms with E-state index >= 15 is 0 Å². The SMILES string of the molecule is C[C@@H](O)C1C(=O)N2C(C(=O)O)=C(S[C@@H]3CN[C@H](C4SCCN4CCO)C3)[C@H](C)C12. The van der Waals surface area contributed by atoms with Crippen molar-refractivity contribution in [1.82, 2.24) is 15.1 Å². The fraction of sp³-hybridized carbons (Fsp3) is 0.789. The summed E-state index contributed by atoms with van der Waals surface area (Å²) in [7, 11) is 0. The van der Waals surface area contributed by atoms with Gasteiger partial charge >= 0.3 is 5.97 Å². The van der Waals surface area contributed by atoms with Crippen molar-refractivity contribution in [2.75, 3.05) is 32.0 Å². The number of carboxylic acid groups (broad SMARTS) is 1. The third kappa shape index (κ3) is 3.61. The molecule has 4 N–H and O–H groups in total. The number of thioether (sulfide) groups is 2. The molecule has 4 heterocycles. The van der Waals surface area contributed by atoms with Gasteiger partial charge in [0.15, 0.2) is 0 Å². The molecule has 4 aliphatic heterocycles. The maximum absolute atomic E-state index is 12.5. The van der Waals surface area contributed by atoms with Crippen LogP contribution in [0.5, 0.6) is 0 Å². The van der Waals surface area contributed by atoms with Gasteiger partial charge in [0, 0.05) is 47.5 Å². The maximum Gasteiger partial charge on any atom is 0.353 e. The topological polar surface area (TPSA) is 113 Å². The number of rotatable bonds is 7. The Morgan fingerprint density at radius 3 is 2.86 bits per heavy atom. The Morgan fingerprint density at radius 1 is 1.45 bits per heavy atom. The number of β-amino-alcohol motifs (C(OH)–C–C–N with tert-alkyl or cyclic N) is 1. The van der Waals surface area contributed by atoms with Gasteiger partial charge in [-0.3, -0.25) is 9.69 Å². The first-order chi connectivity index (χ1) is 13.8. The van der Waals surface area contributed by atoms with Gasteiger partial charge in [-0.25, -0.2) is 4.79 Å². The Balaban J connectivity index is 1.46. The number of nitrogens with one attached hydrogen (secondary N) is 1. The molecule has 3 unspecified atom stereocenters. The van der Waals surface area contributed by atoms with Crippen molar-refractivity contribution in [3.05, 3.63) is 10.6 Å². The van der Waals surface area contributed by atoms with E-state index in [1.165, 1.54) is 4.90 Å². The molecule has 0 radical (unpaired) electrons. The van der Waals surface area contributed by atoms with E-state index < -0.39 is 18.0 Å². The first kappa shape index (κ1) is 21.5. The molecule has 0 spiro atoms. The lowest BCUT2D eigenvalue weighted by Gasteiger charge is -2.46. The van der Waals surface area contributed by atoms with Crippen LogP contribution in [0.25, 0.3) is 0 Å². The van der Waals surface area contributed by atoms with Gasteiger partial charge in [0.2, 0.25) is 5.91 Å². The predicted octanol–water partition coefficient (Wildman–Crippen LogP) is -0.0290. The van der Waals surface area contributed by atoms with Crippen LogP contribution in [0.3, 0.4) is 0 Å². The van der Waals surface area contributed by atoms with Crippen LogP contribution in [0.4, 0.5) is 0 Å². The highest BCUT2D eigenvalue weighted by Gasteiger charge is 2.60. The molecule has 0 saturated carbocycles. The Kier molecular flexibility index (Phi) is 6.21. The fourth-order valence-corrected chi connectivity index (χ4v) is 8.10. The van der Waals surface area contributed by atoms with E-state index in [-0.39, 0.29) is 35.4 Å². The standard InChI is InChI=1S/C19H29N3O5S2/c1-9-14-13(10(2)24)17(25)22(14)15(19(26)27)16(9)29-11-7-12(20-8-11)18-21(3-5-23)4-6-28-18/h9-14,18,20,23-24H,3-8H2,1-2H3,(H,26,27)/t9-,10-,11+,12+,13?,14?,18?/m1/s1. The molecule has 162 valence electrons. The molecule has 0 aromatic carbocycles. The molecule has 7 atom stereocenters. The lowest BCUT2D eigenvalue weighted by Crippen LogP contribution is -2.63. The van der Waals surface area contributed by atoms with Crippen LogP contribution >= 0.6 is 23.5 Å². The zero-order valence-corrected chi connectivity index (χ0v) is 18.3. The molecule has 3 saturated heterocycles. The molecule has 8 nitrogen and oxygen atoms in total. The smallest absolute Gasteiger partial charge is 0.353 e. The van der Waals surface area contributed by atoms with Crippen LogP contribution < -0.4 is 5.32 Å². The second-order valence-corrected chi connectivity index (χ2v) is 10.8. The number of hydrogen-bond donors (Lipinski definition) is 4. The Morgan fingerprint density at radius 2 is 2.21 bits per heavy atom. The van der Waals surface area contributed by atoms with Crippen molar-refractivity contribution in [3.8, 4) is 0 Å². The number of amides is 1. The van der Waals surface area contributed by atoms with E-state index in [0.717, 1.165) is 30.2 Å². The molecule has 10 heteroatoms. The second-order valence-electron chi connectivity index (χ2n) is 8.28. The molecule has 1 amide bonds. The van der Waals surface area contributed by atoms with Crippen molar-refractivity contribution >= 4 is 35.4 Å². The summed E-state index contributed by atoms with van der Waals surface area (Å²) in [6.45, 7) is 6.18. The summed E-state index contributed by atoms with van der Waals surface area (Å²) in [5, 5.41) is 33.2. The van der Waals surface area contributed by atoms with Crippen LogP contribution in [-0.4, -0.2) is 97.8 Å². The second kappa shape index (κ2) is 8.39. The zero-order valence-electron chi connectivity index (χ0n) is 16.7. The molecule has 0 aromatic heterocycles. The molecule has 0 bridgehead atoms. The molecule has 0 aromatic rings. The van der Waals surface area contributed by atoms with Crippen LogP contribution in [-0.2, 0) is 9.59 Å². The Bertz CT molecular complexity index is 718. The van der Waals surface area contributed by atoms with Crippen LogP contribution in [0.1, 0.15) is 20.3 Å². The van der Waals surface area contributed by atoms with Crippen LogP contribution in [0, 0.1) is 11.8 Å². The van der Waals surface area contributed by atoms with Crippen LogP contribution in [0.2, 0.25) is 0 Å². The third-order valence-corrected chi connectivity index (χ3v) is 9.39. The largest absolute Gasteiger partial charge is 0.477 e. The average molecular weight is 444 g/mol. The number of β-lactam (4-membered cyclic amide) rings is 1. The quantitative estimate of drug-likeness (QED) is 0.403. The highest BCUT2D eigenvalue weighted by molar-refractivity contribution is 8.03. The summed E-state index contributed by atoms with van der Waals surface area (Å²) < 4.78 is 0. The Hall–Kier alpha value is -0.780.